The molecule has 1 aliphatic rings. The van der Waals surface area contributed by atoms with E-state index in [1.54, 1.807) is 0 Å². The van der Waals surface area contributed by atoms with E-state index in [2.05, 4.69) is 38.6 Å². The number of aryl methyl sites for hydroxylation is 1. The molecule has 6 nitrogen and oxygen atoms in total. The number of piperidine rings is 1. The zero-order chi connectivity index (χ0) is 23.8. The van der Waals surface area contributed by atoms with Gasteiger partial charge in [0.25, 0.3) is 0 Å². The van der Waals surface area contributed by atoms with Gasteiger partial charge in [0.15, 0.2) is 0 Å². The Kier molecular flexibility index (Phi) is 9.02. The molecule has 3 aromatic rings. The first kappa shape index (κ1) is 24.8. The molecule has 2 heterocycles. The normalized spacial score (nSPS) is 14.9. The number of amides is 1. The second-order valence-electron chi connectivity index (χ2n) is 8.76. The zero-order valence-corrected chi connectivity index (χ0v) is 21.1. The molecule has 1 amide bonds. The van der Waals surface area contributed by atoms with Crippen molar-refractivity contribution in [3.63, 3.8) is 0 Å². The largest absolute Gasteiger partial charge is 0.356 e. The Labute approximate surface area is 210 Å². The number of halogens is 1. The van der Waals surface area contributed by atoms with Gasteiger partial charge in [-0.05, 0) is 68.8 Å². The van der Waals surface area contributed by atoms with Crippen molar-refractivity contribution in [3.8, 4) is 11.4 Å². The maximum absolute atomic E-state index is 12.5. The van der Waals surface area contributed by atoms with E-state index in [-0.39, 0.29) is 11.8 Å². The van der Waals surface area contributed by atoms with E-state index >= 15 is 0 Å². The van der Waals surface area contributed by atoms with Gasteiger partial charge in [-0.3, -0.25) is 9.69 Å². The van der Waals surface area contributed by atoms with E-state index in [9.17, 15) is 4.79 Å². The van der Waals surface area contributed by atoms with Crippen molar-refractivity contribution in [1.82, 2.24) is 20.4 Å². The van der Waals surface area contributed by atoms with Crippen LogP contribution in [0.3, 0.4) is 0 Å². The van der Waals surface area contributed by atoms with Gasteiger partial charge in [-0.15, -0.1) is 0 Å². The first-order valence-electron chi connectivity index (χ1n) is 11.8. The number of nitrogens with one attached hydrogen (secondary N) is 1. The van der Waals surface area contributed by atoms with Crippen LogP contribution in [0, 0.1) is 12.8 Å². The standard InChI is InChI=1S/C26H31ClN4O2S/c1-19-4-2-5-22(16-19)25-29-24(33-30-25)17-31-13-10-21(11-14-31)26(32)28-12-3-15-34-18-20-6-8-23(27)9-7-20/h2,4-9,16,21H,3,10-15,17-18H2,1H3,(H,28,32). The summed E-state index contributed by atoms with van der Waals surface area (Å²) in [5.41, 5.74) is 3.41. The van der Waals surface area contributed by atoms with Crippen molar-refractivity contribution in [2.75, 3.05) is 25.4 Å². The third-order valence-corrected chi connectivity index (χ3v) is 7.38. The zero-order valence-electron chi connectivity index (χ0n) is 19.5. The minimum Gasteiger partial charge on any atom is -0.356 e. The molecule has 0 radical (unpaired) electrons. The average molecular weight is 499 g/mol. The van der Waals surface area contributed by atoms with Gasteiger partial charge in [0.2, 0.25) is 17.6 Å². The van der Waals surface area contributed by atoms with E-state index < -0.39 is 0 Å². The van der Waals surface area contributed by atoms with E-state index in [0.717, 1.165) is 61.0 Å². The Balaban J connectivity index is 1.11. The van der Waals surface area contributed by atoms with Crippen molar-refractivity contribution < 1.29 is 9.32 Å². The maximum atomic E-state index is 12.5. The van der Waals surface area contributed by atoms with Gasteiger partial charge in [-0.2, -0.15) is 16.7 Å². The lowest BCUT2D eigenvalue weighted by atomic mass is 9.96. The molecule has 1 aliphatic heterocycles. The molecule has 180 valence electrons. The third-order valence-electron chi connectivity index (χ3n) is 6.01. The number of thioether (sulfide) groups is 1. The van der Waals surface area contributed by atoms with Gasteiger partial charge in [0, 0.05) is 28.8 Å². The SMILES string of the molecule is Cc1cccc(-c2noc(CN3CCC(C(=O)NCCCSCc4ccc(Cl)cc4)CC3)n2)c1. The predicted molar refractivity (Wildman–Crippen MR) is 138 cm³/mol. The number of rotatable bonds is 10. The molecule has 34 heavy (non-hydrogen) atoms. The van der Waals surface area contributed by atoms with Gasteiger partial charge in [0.1, 0.15) is 0 Å². The molecule has 0 bridgehead atoms. The summed E-state index contributed by atoms with van der Waals surface area (Å²) in [6, 6.07) is 16.1. The summed E-state index contributed by atoms with van der Waals surface area (Å²) >= 11 is 7.80. The molecule has 0 saturated carbocycles. The van der Waals surface area contributed by atoms with E-state index in [1.165, 1.54) is 11.1 Å². The molecule has 0 atom stereocenters. The highest BCUT2D eigenvalue weighted by Crippen LogP contribution is 2.21. The second kappa shape index (κ2) is 12.4. The molecule has 0 spiro atoms. The second-order valence-corrected chi connectivity index (χ2v) is 10.3. The number of likely N-dealkylation sites (tertiary alicyclic amines) is 1. The monoisotopic (exact) mass is 498 g/mol. The average Bonchev–Trinajstić information content (AvgIpc) is 3.31. The van der Waals surface area contributed by atoms with Crippen LogP contribution in [-0.4, -0.2) is 46.3 Å². The Hall–Kier alpha value is -2.35. The lowest BCUT2D eigenvalue weighted by molar-refractivity contribution is -0.126. The minimum atomic E-state index is 0.0866. The van der Waals surface area contributed by atoms with Crippen LogP contribution in [0.4, 0.5) is 0 Å². The van der Waals surface area contributed by atoms with Crippen LogP contribution in [0.15, 0.2) is 53.1 Å². The van der Waals surface area contributed by atoms with Crippen LogP contribution in [0.5, 0.6) is 0 Å². The molecule has 1 aromatic heterocycles. The quantitative estimate of drug-likeness (QED) is 0.380. The summed E-state index contributed by atoms with van der Waals surface area (Å²) in [7, 11) is 0. The summed E-state index contributed by atoms with van der Waals surface area (Å²) in [4.78, 5) is 19.4. The van der Waals surface area contributed by atoms with Crippen LogP contribution in [0.2, 0.25) is 5.02 Å². The number of nitrogens with zero attached hydrogens (tertiary/aromatic N) is 3. The van der Waals surface area contributed by atoms with Gasteiger partial charge in [-0.1, -0.05) is 52.7 Å². The molecule has 0 unspecified atom stereocenters. The number of carbonyl (C=O) groups is 1. The fourth-order valence-electron chi connectivity index (χ4n) is 4.07. The molecule has 8 heteroatoms. The predicted octanol–water partition coefficient (Wildman–Crippen LogP) is 5.35. The molecule has 1 saturated heterocycles. The van der Waals surface area contributed by atoms with Crippen molar-refractivity contribution in [3.05, 3.63) is 70.6 Å². The van der Waals surface area contributed by atoms with Crippen molar-refractivity contribution in [1.29, 1.82) is 0 Å². The van der Waals surface area contributed by atoms with E-state index in [1.807, 2.05) is 49.0 Å². The molecular formula is C26H31ClN4O2S. The number of carbonyl (C=O) groups excluding carboxylic acids is 1. The number of aromatic nitrogens is 2. The van der Waals surface area contributed by atoms with Gasteiger partial charge >= 0.3 is 0 Å². The van der Waals surface area contributed by atoms with E-state index in [4.69, 9.17) is 16.1 Å². The Morgan fingerprint density at radius 3 is 2.76 bits per heavy atom. The molecule has 2 aromatic carbocycles. The topological polar surface area (TPSA) is 71.3 Å². The summed E-state index contributed by atoms with van der Waals surface area (Å²) in [6.45, 7) is 5.12. The lowest BCUT2D eigenvalue weighted by Crippen LogP contribution is -2.40. The van der Waals surface area contributed by atoms with Crippen molar-refractivity contribution in [2.45, 2.75) is 38.5 Å². The van der Waals surface area contributed by atoms with Crippen LogP contribution in [-0.2, 0) is 17.1 Å². The van der Waals surface area contributed by atoms with Crippen LogP contribution < -0.4 is 5.32 Å². The number of hydrogen-bond acceptors (Lipinski definition) is 6. The highest BCUT2D eigenvalue weighted by molar-refractivity contribution is 7.98. The van der Waals surface area contributed by atoms with Gasteiger partial charge in [0.05, 0.1) is 6.54 Å². The maximum Gasteiger partial charge on any atom is 0.241 e. The molecule has 4 rings (SSSR count). The lowest BCUT2D eigenvalue weighted by Gasteiger charge is -2.30. The molecule has 1 fully saturated rings. The summed E-state index contributed by atoms with van der Waals surface area (Å²) in [6.07, 6.45) is 2.69. The first-order valence-corrected chi connectivity index (χ1v) is 13.3. The summed E-state index contributed by atoms with van der Waals surface area (Å²) in [5.74, 6) is 3.51. The van der Waals surface area contributed by atoms with Crippen molar-refractivity contribution in [2.24, 2.45) is 5.92 Å². The van der Waals surface area contributed by atoms with Crippen LogP contribution in [0.1, 0.15) is 36.3 Å². The van der Waals surface area contributed by atoms with Crippen LogP contribution >= 0.6 is 23.4 Å². The van der Waals surface area contributed by atoms with E-state index in [0.29, 0.717) is 18.3 Å². The highest BCUT2D eigenvalue weighted by atomic mass is 35.5. The molecule has 0 aliphatic carbocycles. The summed E-state index contributed by atoms with van der Waals surface area (Å²) in [5, 5.41) is 8.02. The third kappa shape index (κ3) is 7.32. The fraction of sp³-hybridized carbons (Fsp3) is 0.423. The molecular weight excluding hydrogens is 468 g/mol. The Morgan fingerprint density at radius 2 is 2.00 bits per heavy atom. The van der Waals surface area contributed by atoms with Crippen LogP contribution in [0.25, 0.3) is 11.4 Å². The van der Waals surface area contributed by atoms with Gasteiger partial charge in [-0.25, -0.2) is 0 Å². The van der Waals surface area contributed by atoms with Crippen molar-refractivity contribution >= 4 is 29.3 Å². The first-order chi connectivity index (χ1) is 16.6. The highest BCUT2D eigenvalue weighted by Gasteiger charge is 2.25. The Morgan fingerprint density at radius 1 is 1.21 bits per heavy atom. The number of hydrogen-bond donors (Lipinski definition) is 1. The smallest absolute Gasteiger partial charge is 0.241 e. The Bertz CT molecular complexity index is 1060. The number of benzene rings is 2. The summed E-state index contributed by atoms with van der Waals surface area (Å²) < 4.78 is 5.46. The van der Waals surface area contributed by atoms with Gasteiger partial charge < -0.3 is 9.84 Å². The molecule has 1 N–H and O–H groups in total. The fourth-order valence-corrected chi connectivity index (χ4v) is 5.11. The minimum absolute atomic E-state index is 0.0866.